The summed E-state index contributed by atoms with van der Waals surface area (Å²) in [6.07, 6.45) is 6.13. The van der Waals surface area contributed by atoms with E-state index >= 15 is 0 Å². The van der Waals surface area contributed by atoms with Crippen molar-refractivity contribution >= 4 is 28.5 Å². The molecule has 21 heavy (non-hydrogen) atoms. The zero-order chi connectivity index (χ0) is 15.0. The van der Waals surface area contributed by atoms with E-state index < -0.39 is 0 Å². The number of likely N-dealkylation sites (N-methyl/N-ethyl adjacent to an activating group) is 1. The number of hydrogen-bond donors (Lipinski definition) is 0. The second-order valence-corrected chi connectivity index (χ2v) is 7.28. The second kappa shape index (κ2) is 6.24. The first-order valence-corrected chi connectivity index (χ1v) is 8.84. The third-order valence-corrected chi connectivity index (χ3v) is 6.17. The lowest BCUT2D eigenvalue weighted by molar-refractivity contribution is -0.136. The number of rotatable bonds is 2. The van der Waals surface area contributed by atoms with Gasteiger partial charge in [0.15, 0.2) is 0 Å². The van der Waals surface area contributed by atoms with Crippen LogP contribution in [0.1, 0.15) is 37.3 Å². The fourth-order valence-corrected chi connectivity index (χ4v) is 4.11. The van der Waals surface area contributed by atoms with Gasteiger partial charge in [-0.3, -0.25) is 14.4 Å². The van der Waals surface area contributed by atoms with Crippen molar-refractivity contribution in [3.05, 3.63) is 15.5 Å². The van der Waals surface area contributed by atoms with Gasteiger partial charge in [0.1, 0.15) is 3.70 Å². The van der Waals surface area contributed by atoms with E-state index in [4.69, 9.17) is 0 Å². The zero-order valence-corrected chi connectivity index (χ0v) is 14.9. The van der Waals surface area contributed by atoms with Crippen LogP contribution in [-0.2, 0) is 4.79 Å². The van der Waals surface area contributed by atoms with Crippen LogP contribution in [0.5, 0.6) is 0 Å². The molecule has 0 bridgehead atoms. The fourth-order valence-electron chi connectivity index (χ4n) is 3.45. The molecule has 116 valence electrons. The van der Waals surface area contributed by atoms with Gasteiger partial charge in [-0.05, 0) is 68.8 Å². The molecule has 0 N–H and O–H groups in total. The van der Waals surface area contributed by atoms with Crippen LogP contribution in [0, 0.1) is 10.6 Å². The van der Waals surface area contributed by atoms with Gasteiger partial charge in [-0.2, -0.15) is 5.10 Å². The second-order valence-electron chi connectivity index (χ2n) is 6.26. The molecule has 0 unspecified atom stereocenters. The molecule has 0 radical (unpaired) electrons. The maximum Gasteiger partial charge on any atom is 0.239 e. The highest BCUT2D eigenvalue weighted by Crippen LogP contribution is 2.27. The molecule has 0 spiro atoms. The Morgan fingerprint density at radius 2 is 2.00 bits per heavy atom. The van der Waals surface area contributed by atoms with Gasteiger partial charge in [-0.25, -0.2) is 0 Å². The first kappa shape index (κ1) is 15.3. The van der Waals surface area contributed by atoms with Crippen LogP contribution in [-0.4, -0.2) is 58.2 Å². The molecule has 5 nitrogen and oxygen atoms in total. The summed E-state index contributed by atoms with van der Waals surface area (Å²) in [7, 11) is 2.07. The lowest BCUT2D eigenvalue weighted by atomic mass is 10.0. The number of aryl methyl sites for hydroxylation is 1. The van der Waals surface area contributed by atoms with Crippen LogP contribution in [0.25, 0.3) is 0 Å². The number of likely N-dealkylation sites (tertiary alicyclic amines) is 2. The quantitative estimate of drug-likeness (QED) is 0.712. The predicted octanol–water partition coefficient (Wildman–Crippen LogP) is 2.05. The summed E-state index contributed by atoms with van der Waals surface area (Å²) in [5.41, 5.74) is 1.24. The van der Waals surface area contributed by atoms with Gasteiger partial charge < -0.3 is 4.90 Å². The number of carbonyl (C=O) groups excluding carboxylic acids is 1. The third kappa shape index (κ3) is 2.97. The number of amides is 1. The van der Waals surface area contributed by atoms with Gasteiger partial charge in [0.2, 0.25) is 5.91 Å². The Morgan fingerprint density at radius 1 is 1.29 bits per heavy atom. The molecule has 0 aromatic carbocycles. The number of piperidine rings is 1. The Kier molecular flexibility index (Phi) is 4.54. The largest absolute Gasteiger partial charge is 0.341 e. The monoisotopic (exact) mass is 402 g/mol. The molecule has 3 rings (SSSR count). The number of halogens is 1. The van der Waals surface area contributed by atoms with E-state index in [2.05, 4.69) is 56.1 Å². The summed E-state index contributed by atoms with van der Waals surface area (Å²) in [5, 5.41) is 4.50. The Labute approximate surface area is 139 Å². The van der Waals surface area contributed by atoms with Crippen molar-refractivity contribution < 1.29 is 4.79 Å². The molecule has 1 aromatic rings. The van der Waals surface area contributed by atoms with Crippen molar-refractivity contribution in [3.8, 4) is 0 Å². The van der Waals surface area contributed by atoms with Crippen molar-refractivity contribution in [1.82, 2.24) is 19.6 Å². The highest BCUT2D eigenvalue weighted by molar-refractivity contribution is 14.1. The molecular formula is C15H23IN4O. The maximum absolute atomic E-state index is 12.6. The highest BCUT2D eigenvalue weighted by Gasteiger charge is 2.33. The molecule has 1 aromatic heterocycles. The molecule has 1 amide bonds. The fraction of sp³-hybridized carbons (Fsp3) is 0.733. The van der Waals surface area contributed by atoms with Crippen LogP contribution < -0.4 is 0 Å². The van der Waals surface area contributed by atoms with Gasteiger partial charge in [0, 0.05) is 18.7 Å². The average molecular weight is 402 g/mol. The maximum atomic E-state index is 12.6. The predicted molar refractivity (Wildman–Crippen MR) is 90.2 cm³/mol. The first-order valence-electron chi connectivity index (χ1n) is 7.76. The zero-order valence-electron chi connectivity index (χ0n) is 12.8. The molecular weight excluding hydrogens is 379 g/mol. The van der Waals surface area contributed by atoms with E-state index in [0.717, 1.165) is 45.3 Å². The van der Waals surface area contributed by atoms with Gasteiger partial charge in [-0.15, -0.1) is 0 Å². The molecule has 2 aliphatic rings. The Hall–Kier alpha value is -0.630. The van der Waals surface area contributed by atoms with Crippen molar-refractivity contribution in [2.45, 2.75) is 44.7 Å². The van der Waals surface area contributed by atoms with E-state index in [-0.39, 0.29) is 6.04 Å². The highest BCUT2D eigenvalue weighted by atomic mass is 127. The van der Waals surface area contributed by atoms with E-state index in [9.17, 15) is 4.79 Å². The molecule has 0 saturated carbocycles. The minimum Gasteiger partial charge on any atom is -0.341 e. The van der Waals surface area contributed by atoms with Gasteiger partial charge in [0.05, 0.1) is 18.3 Å². The molecule has 2 fully saturated rings. The molecule has 3 heterocycles. The Bertz CT molecular complexity index is 522. The summed E-state index contributed by atoms with van der Waals surface area (Å²) in [4.78, 5) is 16.8. The summed E-state index contributed by atoms with van der Waals surface area (Å²) in [6.45, 7) is 4.88. The SMILES string of the molecule is Cc1cnn(C2CCN(C(=O)[C@@H]3CCCN3C)CC2)c1I. The van der Waals surface area contributed by atoms with Crippen LogP contribution in [0.4, 0.5) is 0 Å². The summed E-state index contributed by atoms with van der Waals surface area (Å²) >= 11 is 2.37. The summed E-state index contributed by atoms with van der Waals surface area (Å²) < 4.78 is 3.37. The number of aromatic nitrogens is 2. The Balaban J connectivity index is 1.60. The lowest BCUT2D eigenvalue weighted by Crippen LogP contribution is -2.47. The van der Waals surface area contributed by atoms with E-state index in [1.165, 1.54) is 9.26 Å². The lowest BCUT2D eigenvalue weighted by Gasteiger charge is -2.35. The number of hydrogen-bond acceptors (Lipinski definition) is 3. The van der Waals surface area contributed by atoms with Gasteiger partial charge in [-0.1, -0.05) is 0 Å². The molecule has 2 aliphatic heterocycles. The van der Waals surface area contributed by atoms with Crippen molar-refractivity contribution in [2.75, 3.05) is 26.7 Å². The summed E-state index contributed by atoms with van der Waals surface area (Å²) in [5.74, 6) is 0.333. The van der Waals surface area contributed by atoms with Gasteiger partial charge >= 0.3 is 0 Å². The first-order chi connectivity index (χ1) is 10.1. The molecule has 6 heteroatoms. The van der Waals surface area contributed by atoms with E-state index in [0.29, 0.717) is 11.9 Å². The Morgan fingerprint density at radius 3 is 2.52 bits per heavy atom. The molecule has 2 saturated heterocycles. The van der Waals surface area contributed by atoms with E-state index in [1.54, 1.807) is 0 Å². The van der Waals surface area contributed by atoms with Gasteiger partial charge in [0.25, 0.3) is 0 Å². The molecule has 0 aliphatic carbocycles. The minimum atomic E-state index is 0.119. The number of carbonyl (C=O) groups is 1. The van der Waals surface area contributed by atoms with Crippen LogP contribution in [0.15, 0.2) is 6.20 Å². The van der Waals surface area contributed by atoms with Crippen molar-refractivity contribution in [2.24, 2.45) is 0 Å². The topological polar surface area (TPSA) is 41.4 Å². The normalized spacial score (nSPS) is 24.7. The molecule has 1 atom stereocenters. The van der Waals surface area contributed by atoms with Crippen LogP contribution in [0.3, 0.4) is 0 Å². The third-order valence-electron chi connectivity index (χ3n) is 4.83. The standard InChI is InChI=1S/C15H23IN4O/c1-11-10-17-20(14(11)16)12-5-8-19(9-6-12)15(21)13-4-3-7-18(13)2/h10,12-13H,3-9H2,1-2H3/t13-/m0/s1. The number of nitrogens with zero attached hydrogens (tertiary/aromatic N) is 4. The van der Waals surface area contributed by atoms with Crippen LogP contribution in [0.2, 0.25) is 0 Å². The smallest absolute Gasteiger partial charge is 0.239 e. The minimum absolute atomic E-state index is 0.119. The van der Waals surface area contributed by atoms with Crippen LogP contribution >= 0.6 is 22.6 Å². The summed E-state index contributed by atoms with van der Waals surface area (Å²) in [6, 6.07) is 0.560. The van der Waals surface area contributed by atoms with Crippen molar-refractivity contribution in [3.63, 3.8) is 0 Å². The van der Waals surface area contributed by atoms with E-state index in [1.807, 2.05) is 6.20 Å². The van der Waals surface area contributed by atoms with Crippen molar-refractivity contribution in [1.29, 1.82) is 0 Å². The average Bonchev–Trinajstić information content (AvgIpc) is 3.06.